The minimum absolute atomic E-state index is 0.109. The molecule has 4 aromatic rings. The van der Waals surface area contributed by atoms with Crippen molar-refractivity contribution in [1.82, 2.24) is 14.9 Å². The molecule has 1 heterocycles. The van der Waals surface area contributed by atoms with Gasteiger partial charge in [0.05, 0.1) is 27.2 Å². The van der Waals surface area contributed by atoms with E-state index in [9.17, 15) is 17.6 Å². The van der Waals surface area contributed by atoms with Gasteiger partial charge in [0.2, 0.25) is 0 Å². The van der Waals surface area contributed by atoms with Crippen LogP contribution in [0.2, 0.25) is 0 Å². The van der Waals surface area contributed by atoms with Gasteiger partial charge < -0.3 is 9.88 Å². The Kier molecular flexibility index (Phi) is 6.15. The average molecular weight is 467 g/mol. The van der Waals surface area contributed by atoms with Gasteiger partial charge in [-0.15, -0.1) is 0 Å². The molecule has 0 aliphatic rings. The number of nitrogens with one attached hydrogen (secondary N) is 2. The van der Waals surface area contributed by atoms with Crippen molar-refractivity contribution in [3.63, 3.8) is 0 Å². The Bertz CT molecular complexity index is 1430. The van der Waals surface area contributed by atoms with E-state index in [1.54, 1.807) is 36.4 Å². The summed E-state index contributed by atoms with van der Waals surface area (Å²) in [7, 11) is -3.85. The summed E-state index contributed by atoms with van der Waals surface area (Å²) in [5, 5.41) is 2.79. The second kappa shape index (κ2) is 9.03. The lowest BCUT2D eigenvalue weighted by Gasteiger charge is -2.13. The number of rotatable bonds is 7. The maximum absolute atomic E-state index is 13.5. The van der Waals surface area contributed by atoms with Gasteiger partial charge in [-0.1, -0.05) is 30.3 Å². The summed E-state index contributed by atoms with van der Waals surface area (Å²) in [6, 6.07) is 17.0. The fourth-order valence-corrected chi connectivity index (χ4v) is 4.80. The van der Waals surface area contributed by atoms with Crippen molar-refractivity contribution in [3.05, 3.63) is 89.5 Å². The number of benzene rings is 3. The molecule has 0 aliphatic heterocycles. The molecule has 1 aromatic heterocycles. The summed E-state index contributed by atoms with van der Waals surface area (Å²) in [5.74, 6) is -0.101. The van der Waals surface area contributed by atoms with Gasteiger partial charge in [0.15, 0.2) is 0 Å². The highest BCUT2D eigenvalue weighted by Gasteiger charge is 2.21. The monoisotopic (exact) mass is 466 g/mol. The Morgan fingerprint density at radius 3 is 2.52 bits per heavy atom. The zero-order valence-electron chi connectivity index (χ0n) is 18.2. The number of carbonyl (C=O) groups excluding carboxylic acids is 1. The molecule has 7 nitrogen and oxygen atoms in total. The van der Waals surface area contributed by atoms with Gasteiger partial charge in [-0.3, -0.25) is 9.52 Å². The van der Waals surface area contributed by atoms with Crippen LogP contribution in [0.3, 0.4) is 0 Å². The van der Waals surface area contributed by atoms with Gasteiger partial charge in [0.1, 0.15) is 11.6 Å². The normalized spacial score (nSPS) is 11.5. The van der Waals surface area contributed by atoms with Crippen LogP contribution in [0, 0.1) is 12.7 Å². The van der Waals surface area contributed by atoms with Crippen molar-refractivity contribution in [1.29, 1.82) is 0 Å². The number of aryl methyl sites for hydroxylation is 2. The van der Waals surface area contributed by atoms with Crippen LogP contribution in [-0.2, 0) is 23.1 Å². The third-order valence-electron chi connectivity index (χ3n) is 5.24. The maximum atomic E-state index is 13.5. The summed E-state index contributed by atoms with van der Waals surface area (Å²) in [6.07, 6.45) is 0. The van der Waals surface area contributed by atoms with Gasteiger partial charge in [0, 0.05) is 13.1 Å². The first-order valence-electron chi connectivity index (χ1n) is 10.4. The van der Waals surface area contributed by atoms with Crippen molar-refractivity contribution in [2.75, 3.05) is 4.72 Å². The number of aromatic nitrogens is 2. The van der Waals surface area contributed by atoms with E-state index in [0.29, 0.717) is 29.0 Å². The second-order valence-electron chi connectivity index (χ2n) is 7.53. The number of halogens is 1. The molecule has 2 N–H and O–H groups in total. The number of imidazole rings is 1. The van der Waals surface area contributed by atoms with E-state index >= 15 is 0 Å². The number of fused-ring (bicyclic) bond motifs is 1. The molecule has 0 radical (unpaired) electrons. The predicted octanol–water partition coefficient (Wildman–Crippen LogP) is 4.23. The largest absolute Gasteiger partial charge is 0.348 e. The zero-order chi connectivity index (χ0) is 23.6. The summed E-state index contributed by atoms with van der Waals surface area (Å²) >= 11 is 0. The van der Waals surface area contributed by atoms with Crippen LogP contribution in [-0.4, -0.2) is 23.9 Å². The van der Waals surface area contributed by atoms with Crippen LogP contribution in [0.15, 0.2) is 71.6 Å². The van der Waals surface area contributed by atoms with Gasteiger partial charge >= 0.3 is 0 Å². The number of hydrogen-bond donors (Lipinski definition) is 2. The molecule has 0 spiro atoms. The van der Waals surface area contributed by atoms with Crippen molar-refractivity contribution in [2.24, 2.45) is 0 Å². The van der Waals surface area contributed by atoms with Gasteiger partial charge in [-0.05, 0) is 55.8 Å². The third kappa shape index (κ3) is 4.73. The number of carbonyl (C=O) groups is 1. The molecule has 0 aliphatic carbocycles. The Balaban J connectivity index is 1.72. The SMILES string of the molecule is CCn1c(C)nc2cc(NS(=O)(=O)c3ccccc3)cc(C(=O)NCc3cccc(F)c3)c21. The minimum atomic E-state index is -3.85. The molecule has 9 heteroatoms. The van der Waals surface area contributed by atoms with Crippen molar-refractivity contribution < 1.29 is 17.6 Å². The van der Waals surface area contributed by atoms with Crippen molar-refractivity contribution in [3.8, 4) is 0 Å². The smallest absolute Gasteiger partial charge is 0.261 e. The lowest BCUT2D eigenvalue weighted by atomic mass is 10.1. The number of sulfonamides is 1. The lowest BCUT2D eigenvalue weighted by molar-refractivity contribution is 0.0952. The Morgan fingerprint density at radius 2 is 1.82 bits per heavy atom. The average Bonchev–Trinajstić information content (AvgIpc) is 3.12. The van der Waals surface area contributed by atoms with Crippen LogP contribution in [0.4, 0.5) is 10.1 Å². The molecule has 3 aromatic carbocycles. The molecule has 170 valence electrons. The molecule has 1 amide bonds. The summed E-state index contributed by atoms with van der Waals surface area (Å²) in [6.45, 7) is 4.47. The van der Waals surface area contributed by atoms with E-state index in [2.05, 4.69) is 15.0 Å². The lowest BCUT2D eigenvalue weighted by Crippen LogP contribution is -2.24. The highest BCUT2D eigenvalue weighted by atomic mass is 32.2. The molecule has 33 heavy (non-hydrogen) atoms. The fraction of sp³-hybridized carbons (Fsp3) is 0.167. The van der Waals surface area contributed by atoms with E-state index < -0.39 is 15.9 Å². The predicted molar refractivity (Wildman–Crippen MR) is 125 cm³/mol. The van der Waals surface area contributed by atoms with E-state index in [1.165, 1.54) is 30.3 Å². The standard InChI is InChI=1S/C24H23FN4O3S/c1-3-29-16(2)27-22-14-19(28-33(31,32)20-10-5-4-6-11-20)13-21(23(22)29)24(30)26-15-17-8-7-9-18(25)12-17/h4-14,28H,3,15H2,1-2H3,(H,26,30). The Morgan fingerprint density at radius 1 is 1.06 bits per heavy atom. The molecule has 0 bridgehead atoms. The molecule has 0 saturated carbocycles. The first-order chi connectivity index (χ1) is 15.8. The molecule has 0 fully saturated rings. The molecular formula is C24H23FN4O3S. The topological polar surface area (TPSA) is 93.1 Å². The Labute approximate surface area is 191 Å². The molecule has 0 saturated heterocycles. The van der Waals surface area contributed by atoms with Crippen LogP contribution in [0.5, 0.6) is 0 Å². The zero-order valence-corrected chi connectivity index (χ0v) is 19.0. The van der Waals surface area contributed by atoms with E-state index in [4.69, 9.17) is 0 Å². The number of anilines is 1. The third-order valence-corrected chi connectivity index (χ3v) is 6.64. The van der Waals surface area contributed by atoms with Gasteiger partial charge in [-0.25, -0.2) is 17.8 Å². The van der Waals surface area contributed by atoms with Gasteiger partial charge in [-0.2, -0.15) is 0 Å². The Hall–Kier alpha value is -3.72. The van der Waals surface area contributed by atoms with Gasteiger partial charge in [0.25, 0.3) is 15.9 Å². The summed E-state index contributed by atoms with van der Waals surface area (Å²) in [5.41, 5.74) is 2.22. The molecule has 0 atom stereocenters. The highest BCUT2D eigenvalue weighted by Crippen LogP contribution is 2.27. The van der Waals surface area contributed by atoms with Crippen molar-refractivity contribution >= 4 is 32.7 Å². The number of hydrogen-bond acceptors (Lipinski definition) is 4. The molecule has 4 rings (SSSR count). The van der Waals surface area contributed by atoms with Crippen molar-refractivity contribution in [2.45, 2.75) is 31.8 Å². The van der Waals surface area contributed by atoms with E-state index in [0.717, 1.165) is 0 Å². The number of nitrogens with zero attached hydrogens (tertiary/aromatic N) is 2. The van der Waals surface area contributed by atoms with E-state index in [1.807, 2.05) is 18.4 Å². The maximum Gasteiger partial charge on any atom is 0.261 e. The summed E-state index contributed by atoms with van der Waals surface area (Å²) in [4.78, 5) is 17.8. The summed E-state index contributed by atoms with van der Waals surface area (Å²) < 4.78 is 43.6. The molecular weight excluding hydrogens is 443 g/mol. The quantitative estimate of drug-likeness (QED) is 0.426. The number of amides is 1. The van der Waals surface area contributed by atoms with Crippen LogP contribution < -0.4 is 10.0 Å². The minimum Gasteiger partial charge on any atom is -0.348 e. The highest BCUT2D eigenvalue weighted by molar-refractivity contribution is 7.92. The fourth-order valence-electron chi connectivity index (χ4n) is 3.74. The van der Waals surface area contributed by atoms with Crippen LogP contribution in [0.1, 0.15) is 28.7 Å². The van der Waals surface area contributed by atoms with Crippen LogP contribution >= 0.6 is 0 Å². The van der Waals surface area contributed by atoms with Crippen LogP contribution in [0.25, 0.3) is 11.0 Å². The second-order valence-corrected chi connectivity index (χ2v) is 9.21. The first-order valence-corrected chi connectivity index (χ1v) is 11.9. The first kappa shape index (κ1) is 22.5. The molecule has 0 unspecified atom stereocenters. The van der Waals surface area contributed by atoms with E-state index in [-0.39, 0.29) is 28.5 Å².